The van der Waals surface area contributed by atoms with Gasteiger partial charge in [0, 0.05) is 14.1 Å². The number of rotatable bonds is 4. The molecule has 2 aromatic heterocycles. The summed E-state index contributed by atoms with van der Waals surface area (Å²) in [6, 6.07) is 9.63. The maximum absolute atomic E-state index is 12.2. The number of nitrogens with zero attached hydrogens (tertiary/aromatic N) is 5. The number of H-pyrrole nitrogens is 1. The lowest BCUT2D eigenvalue weighted by Gasteiger charge is -2.15. The number of carbonyl (C=O) groups is 1. The molecule has 28 heavy (non-hydrogen) atoms. The molecule has 3 heterocycles. The molecule has 10 nitrogen and oxygen atoms in total. The van der Waals surface area contributed by atoms with E-state index < -0.39 is 11.2 Å². The van der Waals surface area contributed by atoms with E-state index in [-0.39, 0.29) is 23.0 Å². The van der Waals surface area contributed by atoms with E-state index in [0.717, 1.165) is 10.1 Å². The van der Waals surface area contributed by atoms with Gasteiger partial charge in [0.15, 0.2) is 16.3 Å². The van der Waals surface area contributed by atoms with Crippen LogP contribution in [0, 0.1) is 0 Å². The molecule has 0 unspecified atom stereocenters. The van der Waals surface area contributed by atoms with Crippen LogP contribution >= 0.6 is 11.8 Å². The number of amides is 1. The van der Waals surface area contributed by atoms with Gasteiger partial charge >= 0.3 is 5.69 Å². The first-order chi connectivity index (χ1) is 13.5. The first-order valence-electron chi connectivity index (χ1n) is 8.42. The molecule has 0 saturated carbocycles. The molecule has 0 atom stereocenters. The number of imidazole rings is 1. The van der Waals surface area contributed by atoms with E-state index in [4.69, 9.17) is 0 Å². The Morgan fingerprint density at radius 3 is 2.68 bits per heavy atom. The Kier molecular flexibility index (Phi) is 4.51. The minimum absolute atomic E-state index is 0.0322. The third kappa shape index (κ3) is 3.09. The summed E-state index contributed by atoms with van der Waals surface area (Å²) in [5.74, 6) is 0.485. The molecule has 1 amide bonds. The van der Waals surface area contributed by atoms with Gasteiger partial charge in [-0.15, -0.1) is 5.10 Å². The molecule has 2 N–H and O–H groups in total. The normalized spacial score (nSPS) is 15.7. The summed E-state index contributed by atoms with van der Waals surface area (Å²) in [7, 11) is 2.94. The minimum Gasteiger partial charge on any atom is -0.317 e. The molecule has 1 aliphatic heterocycles. The highest BCUT2D eigenvalue weighted by atomic mass is 32.2. The van der Waals surface area contributed by atoms with Crippen LogP contribution < -0.4 is 16.7 Å². The fraction of sp³-hybridized carbons (Fsp3) is 0.235. The monoisotopic (exact) mass is 399 g/mol. The topological polar surface area (TPSA) is 117 Å². The number of anilines is 1. The van der Waals surface area contributed by atoms with Gasteiger partial charge in [0.05, 0.1) is 12.3 Å². The number of hydrazone groups is 1. The zero-order valence-corrected chi connectivity index (χ0v) is 16.0. The van der Waals surface area contributed by atoms with E-state index >= 15 is 0 Å². The standard InChI is InChI=1S/C17H17N7O3S/c1-22-13-12(14(26)23(2)17(22)27)18-15(19-13)20-21-16-24(11(25)9-28-16)8-10-6-4-3-5-7-10/h3-7H,8-9H2,1-2H3,(H2,18,19,20)/b21-16-. The second kappa shape index (κ2) is 7.00. The van der Waals surface area contributed by atoms with Crippen LogP contribution in [0.15, 0.2) is 45.0 Å². The predicted molar refractivity (Wildman–Crippen MR) is 107 cm³/mol. The number of thioether (sulfide) groups is 1. The lowest BCUT2D eigenvalue weighted by atomic mass is 10.2. The molecule has 0 radical (unpaired) electrons. The van der Waals surface area contributed by atoms with Crippen molar-refractivity contribution in [2.45, 2.75) is 6.54 Å². The van der Waals surface area contributed by atoms with Crippen LogP contribution in [0.1, 0.15) is 5.56 Å². The van der Waals surface area contributed by atoms with Gasteiger partial charge in [-0.25, -0.2) is 10.2 Å². The van der Waals surface area contributed by atoms with Gasteiger partial charge in [-0.05, 0) is 5.56 Å². The van der Waals surface area contributed by atoms with Crippen LogP contribution in [0.5, 0.6) is 0 Å². The number of amidine groups is 1. The summed E-state index contributed by atoms with van der Waals surface area (Å²) in [4.78, 5) is 45.1. The van der Waals surface area contributed by atoms with Crippen molar-refractivity contribution in [2.24, 2.45) is 19.2 Å². The van der Waals surface area contributed by atoms with Gasteiger partial charge in [-0.2, -0.15) is 4.98 Å². The lowest BCUT2D eigenvalue weighted by Crippen LogP contribution is -2.36. The van der Waals surface area contributed by atoms with Crippen molar-refractivity contribution in [3.05, 3.63) is 56.7 Å². The second-order valence-corrected chi connectivity index (χ2v) is 7.19. The summed E-state index contributed by atoms with van der Waals surface area (Å²) in [6.45, 7) is 0.419. The maximum Gasteiger partial charge on any atom is 0.332 e. The average Bonchev–Trinajstić information content (AvgIpc) is 3.28. The molecule has 11 heteroatoms. The summed E-state index contributed by atoms with van der Waals surface area (Å²) < 4.78 is 2.28. The Morgan fingerprint density at radius 2 is 1.93 bits per heavy atom. The third-order valence-corrected chi connectivity index (χ3v) is 5.35. The lowest BCUT2D eigenvalue weighted by molar-refractivity contribution is -0.124. The number of nitrogens with one attached hydrogen (secondary N) is 2. The van der Waals surface area contributed by atoms with E-state index in [2.05, 4.69) is 20.5 Å². The summed E-state index contributed by atoms with van der Waals surface area (Å²) in [5, 5.41) is 4.78. The third-order valence-electron chi connectivity index (χ3n) is 4.39. The first kappa shape index (κ1) is 18.0. The number of aromatic amines is 1. The average molecular weight is 399 g/mol. The molecule has 1 aromatic carbocycles. The van der Waals surface area contributed by atoms with Crippen molar-refractivity contribution in [1.82, 2.24) is 24.0 Å². The number of aryl methyl sites for hydroxylation is 1. The highest BCUT2D eigenvalue weighted by Gasteiger charge is 2.28. The number of carbonyl (C=O) groups excluding carboxylic acids is 1. The minimum atomic E-state index is -0.470. The zero-order valence-electron chi connectivity index (χ0n) is 15.2. The summed E-state index contributed by atoms with van der Waals surface area (Å²) >= 11 is 1.32. The van der Waals surface area contributed by atoms with Crippen molar-refractivity contribution in [1.29, 1.82) is 0 Å². The van der Waals surface area contributed by atoms with Crippen LogP contribution in [0.4, 0.5) is 5.95 Å². The van der Waals surface area contributed by atoms with Gasteiger partial charge in [0.1, 0.15) is 0 Å². The molecule has 4 rings (SSSR count). The Morgan fingerprint density at radius 1 is 1.18 bits per heavy atom. The van der Waals surface area contributed by atoms with Gasteiger partial charge in [-0.1, -0.05) is 42.1 Å². The molecule has 1 fully saturated rings. The Bertz CT molecular complexity index is 1210. The van der Waals surface area contributed by atoms with Gasteiger partial charge in [0.2, 0.25) is 11.9 Å². The van der Waals surface area contributed by atoms with Crippen LogP contribution in [0.25, 0.3) is 11.2 Å². The number of benzene rings is 1. The Balaban J connectivity index is 1.62. The van der Waals surface area contributed by atoms with Crippen molar-refractivity contribution in [3.63, 3.8) is 0 Å². The number of aromatic nitrogens is 4. The highest BCUT2D eigenvalue weighted by Crippen LogP contribution is 2.22. The molecule has 1 aliphatic rings. The van der Waals surface area contributed by atoms with Crippen molar-refractivity contribution in [3.8, 4) is 0 Å². The molecule has 0 aliphatic carbocycles. The molecule has 0 bridgehead atoms. The molecule has 3 aromatic rings. The fourth-order valence-electron chi connectivity index (χ4n) is 2.88. The van der Waals surface area contributed by atoms with E-state index in [1.807, 2.05) is 30.3 Å². The van der Waals surface area contributed by atoms with E-state index in [9.17, 15) is 14.4 Å². The fourth-order valence-corrected chi connectivity index (χ4v) is 3.72. The second-order valence-electron chi connectivity index (χ2n) is 6.25. The van der Waals surface area contributed by atoms with E-state index in [1.54, 1.807) is 4.90 Å². The van der Waals surface area contributed by atoms with Crippen LogP contribution in [0.3, 0.4) is 0 Å². The Labute approximate surface area is 162 Å². The van der Waals surface area contributed by atoms with Crippen LogP contribution in [0.2, 0.25) is 0 Å². The quantitative estimate of drug-likeness (QED) is 0.614. The first-order valence-corrected chi connectivity index (χ1v) is 9.41. The van der Waals surface area contributed by atoms with E-state index in [0.29, 0.717) is 17.5 Å². The highest BCUT2D eigenvalue weighted by molar-refractivity contribution is 8.15. The SMILES string of the molecule is Cn1c(=O)c2[nH]c(N/N=C3\SCC(=O)N3Cc3ccccc3)nc2n(C)c1=O. The van der Waals surface area contributed by atoms with Crippen LogP contribution in [-0.2, 0) is 25.4 Å². The van der Waals surface area contributed by atoms with Crippen molar-refractivity contribution < 1.29 is 4.79 Å². The van der Waals surface area contributed by atoms with Crippen molar-refractivity contribution >= 4 is 39.9 Å². The number of fused-ring (bicyclic) bond motifs is 1. The maximum atomic E-state index is 12.2. The summed E-state index contributed by atoms with van der Waals surface area (Å²) in [5.41, 5.74) is 3.23. The van der Waals surface area contributed by atoms with Crippen LogP contribution in [-0.4, -0.2) is 40.8 Å². The summed E-state index contributed by atoms with van der Waals surface area (Å²) in [6.07, 6.45) is 0. The number of hydrogen-bond donors (Lipinski definition) is 2. The predicted octanol–water partition coefficient (Wildman–Crippen LogP) is 0.419. The molecular formula is C17H17N7O3S. The van der Waals surface area contributed by atoms with Gasteiger partial charge < -0.3 is 4.98 Å². The smallest absolute Gasteiger partial charge is 0.317 e. The van der Waals surface area contributed by atoms with Crippen molar-refractivity contribution in [2.75, 3.05) is 11.2 Å². The molecule has 1 saturated heterocycles. The molecule has 144 valence electrons. The Hall–Kier alpha value is -3.34. The van der Waals surface area contributed by atoms with E-state index in [1.165, 1.54) is 30.4 Å². The molecular weight excluding hydrogens is 382 g/mol. The molecule has 0 spiro atoms. The van der Waals surface area contributed by atoms with Gasteiger partial charge in [-0.3, -0.25) is 23.6 Å². The zero-order chi connectivity index (χ0) is 19.8. The largest absolute Gasteiger partial charge is 0.332 e. The number of hydrogen-bond acceptors (Lipinski definition) is 7. The van der Waals surface area contributed by atoms with Gasteiger partial charge in [0.25, 0.3) is 5.56 Å².